The molecule has 0 fully saturated rings. The number of hydrogen-bond acceptors (Lipinski definition) is 0. The van der Waals surface area contributed by atoms with E-state index >= 15 is 0 Å². The van der Waals surface area contributed by atoms with Crippen LogP contribution in [0.4, 0.5) is 0 Å². The molecule has 0 radical (unpaired) electrons. The fraction of sp³-hybridized carbons (Fsp3) is 0.400. The van der Waals surface area contributed by atoms with Crippen LogP contribution in [0.2, 0.25) is 0 Å². The molecule has 56 valence electrons. The van der Waals surface area contributed by atoms with Crippen LogP contribution in [-0.4, -0.2) is 0 Å². The molecule has 0 aliphatic rings. The third kappa shape index (κ3) is 1.38. The molecule has 10 heavy (non-hydrogen) atoms. The van der Waals surface area contributed by atoms with Gasteiger partial charge in [0.25, 0.3) is 0 Å². The lowest BCUT2D eigenvalue weighted by atomic mass is 10.1. The number of aryl methyl sites for hydroxylation is 3. The number of benzene rings is 1. The second kappa shape index (κ2) is 2.87. The SMILES string of the molecule is CCc1ccc(C)c(C)c1.[HH]. The molecule has 0 bridgehead atoms. The monoisotopic (exact) mass is 136 g/mol. The van der Waals surface area contributed by atoms with Crippen molar-refractivity contribution in [2.75, 3.05) is 0 Å². The average molecular weight is 136 g/mol. The van der Waals surface area contributed by atoms with Gasteiger partial charge >= 0.3 is 0 Å². The van der Waals surface area contributed by atoms with Gasteiger partial charge in [-0.2, -0.15) is 0 Å². The Bertz CT molecular complexity index is 228. The topological polar surface area (TPSA) is 0 Å². The van der Waals surface area contributed by atoms with Crippen molar-refractivity contribution < 1.29 is 1.43 Å². The van der Waals surface area contributed by atoms with E-state index in [0.29, 0.717) is 0 Å². The summed E-state index contributed by atoms with van der Waals surface area (Å²) >= 11 is 0. The first-order chi connectivity index (χ1) is 4.74. The van der Waals surface area contributed by atoms with Crippen LogP contribution >= 0.6 is 0 Å². The van der Waals surface area contributed by atoms with Crippen molar-refractivity contribution in [3.8, 4) is 0 Å². The van der Waals surface area contributed by atoms with E-state index in [4.69, 9.17) is 0 Å². The first kappa shape index (κ1) is 7.33. The van der Waals surface area contributed by atoms with E-state index in [9.17, 15) is 0 Å². The van der Waals surface area contributed by atoms with Crippen LogP contribution in [-0.2, 0) is 6.42 Å². The van der Waals surface area contributed by atoms with E-state index in [0.717, 1.165) is 6.42 Å². The van der Waals surface area contributed by atoms with E-state index in [-0.39, 0.29) is 1.43 Å². The molecule has 0 atom stereocenters. The molecule has 0 saturated carbocycles. The molecule has 0 spiro atoms. The lowest BCUT2D eigenvalue weighted by Crippen LogP contribution is -1.84. The van der Waals surface area contributed by atoms with Gasteiger partial charge in [-0.05, 0) is 37.0 Å². The quantitative estimate of drug-likeness (QED) is 0.556. The molecule has 0 heteroatoms. The van der Waals surface area contributed by atoms with Crippen molar-refractivity contribution in [3.05, 3.63) is 34.9 Å². The highest BCUT2D eigenvalue weighted by atomic mass is 14.0. The van der Waals surface area contributed by atoms with Crippen molar-refractivity contribution in [2.24, 2.45) is 0 Å². The standard InChI is InChI=1S/C10H14.H2/c1-4-10-6-5-8(2)9(3)7-10;/h5-7H,4H2,1-3H3;1H. The Balaban J connectivity index is 0.000001000. The molecule has 1 aromatic carbocycles. The van der Waals surface area contributed by atoms with Crippen molar-refractivity contribution in [2.45, 2.75) is 27.2 Å². The van der Waals surface area contributed by atoms with Crippen molar-refractivity contribution in [1.82, 2.24) is 0 Å². The predicted molar refractivity (Wildman–Crippen MR) is 47.4 cm³/mol. The Morgan fingerprint density at radius 2 is 1.90 bits per heavy atom. The predicted octanol–water partition coefficient (Wildman–Crippen LogP) is 3.11. The van der Waals surface area contributed by atoms with E-state index in [1.165, 1.54) is 16.7 Å². The minimum atomic E-state index is 0. The van der Waals surface area contributed by atoms with E-state index in [1.54, 1.807) is 0 Å². The molecule has 0 aliphatic heterocycles. The molecule has 0 heterocycles. The smallest absolute Gasteiger partial charge is 0 e. The van der Waals surface area contributed by atoms with Gasteiger partial charge in [0, 0.05) is 1.43 Å². The molecule has 0 amide bonds. The van der Waals surface area contributed by atoms with Crippen molar-refractivity contribution >= 4 is 0 Å². The summed E-state index contributed by atoms with van der Waals surface area (Å²) in [6.07, 6.45) is 1.14. The molecule has 1 rings (SSSR count). The third-order valence-electron chi connectivity index (χ3n) is 1.98. The zero-order valence-corrected chi connectivity index (χ0v) is 6.94. The van der Waals surface area contributed by atoms with Crippen LogP contribution in [0.5, 0.6) is 0 Å². The second-order valence-electron chi connectivity index (χ2n) is 2.77. The first-order valence-corrected chi connectivity index (χ1v) is 3.80. The van der Waals surface area contributed by atoms with Gasteiger partial charge in [0.05, 0.1) is 0 Å². The van der Waals surface area contributed by atoms with Gasteiger partial charge in [0.2, 0.25) is 0 Å². The zero-order chi connectivity index (χ0) is 7.56. The van der Waals surface area contributed by atoms with Gasteiger partial charge < -0.3 is 0 Å². The minimum absolute atomic E-state index is 0. The van der Waals surface area contributed by atoms with E-state index < -0.39 is 0 Å². The number of hydrogen-bond donors (Lipinski definition) is 0. The first-order valence-electron chi connectivity index (χ1n) is 3.80. The van der Waals surface area contributed by atoms with Crippen LogP contribution < -0.4 is 0 Å². The highest BCUT2D eigenvalue weighted by Crippen LogP contribution is 2.09. The molecular formula is C10H16. The van der Waals surface area contributed by atoms with Crippen molar-refractivity contribution in [1.29, 1.82) is 0 Å². The van der Waals surface area contributed by atoms with E-state index in [2.05, 4.69) is 39.0 Å². The molecule has 0 aromatic heterocycles. The lowest BCUT2D eigenvalue weighted by molar-refractivity contribution is 1.12. The average Bonchev–Trinajstić information content (AvgIpc) is 1.95. The summed E-state index contributed by atoms with van der Waals surface area (Å²) in [6.45, 7) is 6.49. The fourth-order valence-electron chi connectivity index (χ4n) is 1.02. The maximum atomic E-state index is 2.26. The molecule has 0 nitrogen and oxygen atoms in total. The normalized spacial score (nSPS) is 9.90. The van der Waals surface area contributed by atoms with Crippen LogP contribution in [0.25, 0.3) is 0 Å². The van der Waals surface area contributed by atoms with Crippen LogP contribution in [0, 0.1) is 13.8 Å². The van der Waals surface area contributed by atoms with Crippen LogP contribution in [0.1, 0.15) is 25.0 Å². The van der Waals surface area contributed by atoms with Gasteiger partial charge in [0.1, 0.15) is 0 Å². The highest BCUT2D eigenvalue weighted by molar-refractivity contribution is 5.29. The molecule has 0 saturated heterocycles. The van der Waals surface area contributed by atoms with Crippen LogP contribution in [0.3, 0.4) is 0 Å². The van der Waals surface area contributed by atoms with Gasteiger partial charge in [-0.3, -0.25) is 0 Å². The van der Waals surface area contributed by atoms with Gasteiger partial charge in [-0.25, -0.2) is 0 Å². The Kier molecular flexibility index (Phi) is 2.10. The third-order valence-corrected chi connectivity index (χ3v) is 1.98. The van der Waals surface area contributed by atoms with Crippen LogP contribution in [0.15, 0.2) is 18.2 Å². The molecule has 0 unspecified atom stereocenters. The Morgan fingerprint density at radius 3 is 2.40 bits per heavy atom. The van der Waals surface area contributed by atoms with Crippen molar-refractivity contribution in [3.63, 3.8) is 0 Å². The fourth-order valence-corrected chi connectivity index (χ4v) is 1.02. The molecular weight excluding hydrogens is 120 g/mol. The Hall–Kier alpha value is -0.780. The molecule has 1 aromatic rings. The second-order valence-corrected chi connectivity index (χ2v) is 2.77. The van der Waals surface area contributed by atoms with Gasteiger partial charge in [-0.15, -0.1) is 0 Å². The summed E-state index contributed by atoms with van der Waals surface area (Å²) in [6, 6.07) is 6.64. The molecule has 0 aliphatic carbocycles. The Labute approximate surface area is 64.4 Å². The summed E-state index contributed by atoms with van der Waals surface area (Å²) in [5.74, 6) is 0. The number of rotatable bonds is 1. The highest BCUT2D eigenvalue weighted by Gasteiger charge is 1.92. The maximum Gasteiger partial charge on any atom is 0 e. The lowest BCUT2D eigenvalue weighted by Gasteiger charge is -2.01. The van der Waals surface area contributed by atoms with Gasteiger partial charge in [-0.1, -0.05) is 25.1 Å². The van der Waals surface area contributed by atoms with E-state index in [1.807, 2.05) is 0 Å². The summed E-state index contributed by atoms with van der Waals surface area (Å²) < 4.78 is 0. The summed E-state index contributed by atoms with van der Waals surface area (Å²) in [5.41, 5.74) is 4.22. The Morgan fingerprint density at radius 1 is 1.20 bits per heavy atom. The minimum Gasteiger partial charge on any atom is -0.0613 e. The summed E-state index contributed by atoms with van der Waals surface area (Å²) in [5, 5.41) is 0. The maximum absolute atomic E-state index is 2.26. The zero-order valence-electron chi connectivity index (χ0n) is 6.94. The summed E-state index contributed by atoms with van der Waals surface area (Å²) in [7, 11) is 0. The largest absolute Gasteiger partial charge is 0.0613 e. The van der Waals surface area contributed by atoms with Gasteiger partial charge in [0.15, 0.2) is 0 Å². The summed E-state index contributed by atoms with van der Waals surface area (Å²) in [4.78, 5) is 0. The molecule has 0 N–H and O–H groups in total.